The molecule has 5 heteroatoms. The molecular weight excluding hydrogens is 209 g/mol. The standard InChI is InChI=1S/C11H12FN3O/c1-8-5-10(3-4-11(8)12)16-7-9-6-13-14-15(9)2/h3-6H,7H2,1-2H3. The van der Waals surface area contributed by atoms with E-state index in [9.17, 15) is 4.39 Å². The minimum Gasteiger partial charge on any atom is -0.487 e. The monoisotopic (exact) mass is 221 g/mol. The highest BCUT2D eigenvalue weighted by Gasteiger charge is 2.03. The van der Waals surface area contributed by atoms with Gasteiger partial charge in [0.25, 0.3) is 0 Å². The van der Waals surface area contributed by atoms with Crippen LogP contribution < -0.4 is 4.74 Å². The van der Waals surface area contributed by atoms with Gasteiger partial charge in [0.15, 0.2) is 0 Å². The molecule has 0 saturated carbocycles. The summed E-state index contributed by atoms with van der Waals surface area (Å²) < 4.78 is 20.1. The van der Waals surface area contributed by atoms with Gasteiger partial charge in [-0.05, 0) is 30.7 Å². The number of halogens is 1. The first-order chi connectivity index (χ1) is 7.66. The molecule has 2 rings (SSSR count). The van der Waals surface area contributed by atoms with Crippen molar-refractivity contribution >= 4 is 0 Å². The topological polar surface area (TPSA) is 39.9 Å². The summed E-state index contributed by atoms with van der Waals surface area (Å²) in [5, 5.41) is 7.53. The molecule has 0 N–H and O–H groups in total. The fourth-order valence-corrected chi connectivity index (χ4v) is 1.31. The molecule has 1 heterocycles. The lowest BCUT2D eigenvalue weighted by Gasteiger charge is -2.06. The van der Waals surface area contributed by atoms with Crippen LogP contribution in [0.1, 0.15) is 11.3 Å². The molecule has 16 heavy (non-hydrogen) atoms. The molecule has 0 amide bonds. The van der Waals surface area contributed by atoms with E-state index in [2.05, 4.69) is 10.3 Å². The summed E-state index contributed by atoms with van der Waals surface area (Å²) in [6.07, 6.45) is 1.64. The maximum absolute atomic E-state index is 13.0. The third kappa shape index (κ3) is 2.18. The Labute approximate surface area is 92.7 Å². The number of rotatable bonds is 3. The number of nitrogens with zero attached hydrogens (tertiary/aromatic N) is 3. The zero-order valence-electron chi connectivity index (χ0n) is 9.14. The zero-order chi connectivity index (χ0) is 11.5. The van der Waals surface area contributed by atoms with Crippen LogP contribution in [-0.4, -0.2) is 15.0 Å². The highest BCUT2D eigenvalue weighted by atomic mass is 19.1. The molecule has 1 aromatic heterocycles. The fourth-order valence-electron chi connectivity index (χ4n) is 1.31. The number of aromatic nitrogens is 3. The van der Waals surface area contributed by atoms with Crippen LogP contribution >= 0.6 is 0 Å². The summed E-state index contributed by atoms with van der Waals surface area (Å²) in [5.74, 6) is 0.412. The van der Waals surface area contributed by atoms with Gasteiger partial charge in [0.05, 0.1) is 11.9 Å². The summed E-state index contributed by atoms with van der Waals surface area (Å²) in [4.78, 5) is 0. The fraction of sp³-hybridized carbons (Fsp3) is 0.273. The van der Waals surface area contributed by atoms with Crippen molar-refractivity contribution < 1.29 is 9.13 Å². The van der Waals surface area contributed by atoms with Crippen LogP contribution in [0.2, 0.25) is 0 Å². The van der Waals surface area contributed by atoms with Crippen molar-refractivity contribution in [1.29, 1.82) is 0 Å². The van der Waals surface area contributed by atoms with Gasteiger partial charge in [0.1, 0.15) is 18.2 Å². The molecule has 84 valence electrons. The second-order valence-electron chi connectivity index (χ2n) is 3.55. The largest absolute Gasteiger partial charge is 0.487 e. The van der Waals surface area contributed by atoms with Gasteiger partial charge in [0, 0.05) is 7.05 Å². The molecule has 0 saturated heterocycles. The summed E-state index contributed by atoms with van der Waals surface area (Å²) >= 11 is 0. The molecule has 0 aliphatic rings. The molecule has 2 aromatic rings. The Morgan fingerprint density at radius 1 is 1.44 bits per heavy atom. The van der Waals surface area contributed by atoms with Crippen LogP contribution in [0, 0.1) is 12.7 Å². The smallest absolute Gasteiger partial charge is 0.132 e. The zero-order valence-corrected chi connectivity index (χ0v) is 9.14. The quantitative estimate of drug-likeness (QED) is 0.794. The Balaban J connectivity index is 2.05. The van der Waals surface area contributed by atoms with E-state index in [-0.39, 0.29) is 5.82 Å². The van der Waals surface area contributed by atoms with Gasteiger partial charge in [0.2, 0.25) is 0 Å². The lowest BCUT2D eigenvalue weighted by Crippen LogP contribution is -2.03. The normalized spacial score (nSPS) is 10.4. The Kier molecular flexibility index (Phi) is 2.85. The van der Waals surface area contributed by atoms with Crippen LogP contribution in [0.3, 0.4) is 0 Å². The molecule has 0 fully saturated rings. The van der Waals surface area contributed by atoms with Crippen molar-refractivity contribution in [3.05, 3.63) is 41.5 Å². The predicted octanol–water partition coefficient (Wildman–Crippen LogP) is 1.84. The van der Waals surface area contributed by atoms with Gasteiger partial charge in [-0.2, -0.15) is 0 Å². The first-order valence-electron chi connectivity index (χ1n) is 4.89. The first kappa shape index (κ1) is 10.6. The molecular formula is C11H12FN3O. The van der Waals surface area contributed by atoms with Crippen LogP contribution in [0.5, 0.6) is 5.75 Å². The van der Waals surface area contributed by atoms with E-state index < -0.39 is 0 Å². The Hall–Kier alpha value is -1.91. The van der Waals surface area contributed by atoms with Crippen molar-refractivity contribution in [1.82, 2.24) is 15.0 Å². The van der Waals surface area contributed by atoms with E-state index in [1.807, 2.05) is 0 Å². The number of ether oxygens (including phenoxy) is 1. The first-order valence-corrected chi connectivity index (χ1v) is 4.89. The predicted molar refractivity (Wildman–Crippen MR) is 56.5 cm³/mol. The number of aryl methyl sites for hydroxylation is 2. The van der Waals surface area contributed by atoms with E-state index in [0.717, 1.165) is 5.69 Å². The number of hydrogen-bond donors (Lipinski definition) is 0. The highest BCUT2D eigenvalue weighted by Crippen LogP contribution is 2.16. The van der Waals surface area contributed by atoms with Crippen molar-refractivity contribution in [2.45, 2.75) is 13.5 Å². The van der Waals surface area contributed by atoms with Gasteiger partial charge >= 0.3 is 0 Å². The van der Waals surface area contributed by atoms with E-state index >= 15 is 0 Å². The Bertz CT molecular complexity index is 496. The molecule has 0 bridgehead atoms. The third-order valence-electron chi connectivity index (χ3n) is 2.32. The SMILES string of the molecule is Cc1cc(OCc2cnnn2C)ccc1F. The van der Waals surface area contributed by atoms with Gasteiger partial charge in [-0.1, -0.05) is 5.21 Å². The molecule has 0 atom stereocenters. The number of hydrogen-bond acceptors (Lipinski definition) is 3. The average molecular weight is 221 g/mol. The maximum atomic E-state index is 13.0. The Morgan fingerprint density at radius 3 is 2.88 bits per heavy atom. The average Bonchev–Trinajstić information content (AvgIpc) is 2.66. The van der Waals surface area contributed by atoms with Gasteiger partial charge in [-0.15, -0.1) is 5.10 Å². The second kappa shape index (κ2) is 4.30. The van der Waals surface area contributed by atoms with Crippen molar-refractivity contribution in [3.63, 3.8) is 0 Å². The summed E-state index contributed by atoms with van der Waals surface area (Å²) in [7, 11) is 1.79. The molecule has 0 aliphatic carbocycles. The van der Waals surface area contributed by atoms with E-state index in [0.29, 0.717) is 17.9 Å². The summed E-state index contributed by atoms with van der Waals surface area (Å²) in [6, 6.07) is 4.66. The van der Waals surface area contributed by atoms with Gasteiger partial charge < -0.3 is 4.74 Å². The van der Waals surface area contributed by atoms with E-state index in [1.165, 1.54) is 6.07 Å². The third-order valence-corrected chi connectivity index (χ3v) is 2.32. The lowest BCUT2D eigenvalue weighted by molar-refractivity contribution is 0.294. The lowest BCUT2D eigenvalue weighted by atomic mass is 10.2. The molecule has 0 aliphatic heterocycles. The van der Waals surface area contributed by atoms with Gasteiger partial charge in [-0.25, -0.2) is 9.07 Å². The Morgan fingerprint density at radius 2 is 2.25 bits per heavy atom. The van der Waals surface area contributed by atoms with E-state index in [1.54, 1.807) is 37.0 Å². The maximum Gasteiger partial charge on any atom is 0.132 e. The van der Waals surface area contributed by atoms with Crippen LogP contribution in [0.15, 0.2) is 24.4 Å². The van der Waals surface area contributed by atoms with Crippen molar-refractivity contribution in [3.8, 4) is 5.75 Å². The van der Waals surface area contributed by atoms with Crippen LogP contribution in [0.4, 0.5) is 4.39 Å². The molecule has 1 aromatic carbocycles. The summed E-state index contributed by atoms with van der Waals surface area (Å²) in [5.41, 5.74) is 1.43. The molecule has 0 spiro atoms. The minimum atomic E-state index is -0.227. The molecule has 0 unspecified atom stereocenters. The number of benzene rings is 1. The molecule has 4 nitrogen and oxygen atoms in total. The van der Waals surface area contributed by atoms with Gasteiger partial charge in [-0.3, -0.25) is 0 Å². The molecule has 0 radical (unpaired) electrons. The van der Waals surface area contributed by atoms with Crippen LogP contribution in [0.25, 0.3) is 0 Å². The minimum absolute atomic E-state index is 0.227. The van der Waals surface area contributed by atoms with Crippen molar-refractivity contribution in [2.24, 2.45) is 7.05 Å². The van der Waals surface area contributed by atoms with Crippen molar-refractivity contribution in [2.75, 3.05) is 0 Å². The van der Waals surface area contributed by atoms with Crippen LogP contribution in [-0.2, 0) is 13.7 Å². The van der Waals surface area contributed by atoms with E-state index in [4.69, 9.17) is 4.74 Å². The summed E-state index contributed by atoms with van der Waals surface area (Å²) in [6.45, 7) is 2.07. The highest BCUT2D eigenvalue weighted by molar-refractivity contribution is 5.28. The second-order valence-corrected chi connectivity index (χ2v) is 3.55.